The second-order valence-corrected chi connectivity index (χ2v) is 9.59. The molecule has 196 valence electrons. The largest absolute Gasteiger partial charge is 0.497 e. The molecular weight excluding hydrogens is 474 g/mol. The van der Waals surface area contributed by atoms with Crippen molar-refractivity contribution in [2.75, 3.05) is 32.2 Å². The van der Waals surface area contributed by atoms with E-state index >= 15 is 0 Å². The summed E-state index contributed by atoms with van der Waals surface area (Å²) in [6, 6.07) is 4.71. The number of aromatic nitrogens is 4. The molecule has 2 N–H and O–H groups in total. The lowest BCUT2D eigenvalue weighted by molar-refractivity contribution is -0.128. The standard InChI is InChI=1S/C26H33N7O4/c1-16(34)29-22(14-17-13-19(36-2)7-8-23(17)37-3)24(35)30-18-9-11-32(12-10-18)25-20-5-4-6-21(20)31-26-27-15-28-33(25)26/h7-8,13,15,18,22H,4-6,9-12,14H2,1-3H3,(H,29,34)(H,30,35)/t22-/m1/s1. The third-order valence-electron chi connectivity index (χ3n) is 7.17. The zero-order valence-electron chi connectivity index (χ0n) is 21.5. The maximum absolute atomic E-state index is 13.3. The van der Waals surface area contributed by atoms with E-state index in [1.54, 1.807) is 32.7 Å². The molecule has 3 aromatic rings. The van der Waals surface area contributed by atoms with Crippen molar-refractivity contribution in [2.45, 2.75) is 57.5 Å². The van der Waals surface area contributed by atoms with Gasteiger partial charge in [0.2, 0.25) is 11.8 Å². The molecule has 0 radical (unpaired) electrons. The summed E-state index contributed by atoms with van der Waals surface area (Å²) in [5.74, 6) is 2.55. The van der Waals surface area contributed by atoms with Crippen molar-refractivity contribution in [3.8, 4) is 11.5 Å². The first-order chi connectivity index (χ1) is 18.0. The molecular formula is C26H33N7O4. The summed E-state index contributed by atoms with van der Waals surface area (Å²) in [5.41, 5.74) is 3.17. The van der Waals surface area contributed by atoms with Gasteiger partial charge in [0, 0.05) is 43.6 Å². The normalized spacial score (nSPS) is 16.4. The Hall–Kier alpha value is -3.89. The SMILES string of the molecule is COc1ccc(OC)c(C[C@@H](NC(C)=O)C(=O)NC2CCN(c3c4c(nc5ncnn35)CCC4)CC2)c1. The van der Waals surface area contributed by atoms with Crippen LogP contribution in [0.2, 0.25) is 0 Å². The molecule has 3 heterocycles. The van der Waals surface area contributed by atoms with E-state index in [4.69, 9.17) is 9.47 Å². The first kappa shape index (κ1) is 24.8. The number of nitrogens with zero attached hydrogens (tertiary/aromatic N) is 5. The number of carbonyl (C=O) groups is 2. The number of fused-ring (bicyclic) bond motifs is 2. The predicted octanol–water partition coefficient (Wildman–Crippen LogP) is 1.46. The highest BCUT2D eigenvalue weighted by atomic mass is 16.5. The fourth-order valence-corrected chi connectivity index (χ4v) is 5.38. The molecule has 5 rings (SSSR count). The maximum Gasteiger partial charge on any atom is 0.254 e. The Morgan fingerprint density at radius 1 is 1.16 bits per heavy atom. The van der Waals surface area contributed by atoms with Crippen molar-refractivity contribution in [1.29, 1.82) is 0 Å². The van der Waals surface area contributed by atoms with E-state index in [0.717, 1.165) is 62.3 Å². The molecule has 0 spiro atoms. The summed E-state index contributed by atoms with van der Waals surface area (Å²) in [6.07, 6.45) is 6.48. The van der Waals surface area contributed by atoms with Gasteiger partial charge in [-0.3, -0.25) is 9.59 Å². The summed E-state index contributed by atoms with van der Waals surface area (Å²) >= 11 is 0. The molecule has 1 aromatic carbocycles. The number of rotatable bonds is 8. The van der Waals surface area contributed by atoms with Crippen LogP contribution in [-0.4, -0.2) is 70.8 Å². The Morgan fingerprint density at radius 2 is 1.97 bits per heavy atom. The van der Waals surface area contributed by atoms with Gasteiger partial charge < -0.3 is 25.0 Å². The van der Waals surface area contributed by atoms with E-state index in [1.165, 1.54) is 12.5 Å². The minimum atomic E-state index is -0.727. The van der Waals surface area contributed by atoms with Crippen LogP contribution in [0.1, 0.15) is 43.0 Å². The third kappa shape index (κ3) is 5.16. The van der Waals surface area contributed by atoms with Crippen molar-refractivity contribution in [2.24, 2.45) is 0 Å². The summed E-state index contributed by atoms with van der Waals surface area (Å²) in [6.45, 7) is 2.98. The van der Waals surface area contributed by atoms with E-state index < -0.39 is 6.04 Å². The molecule has 1 fully saturated rings. The van der Waals surface area contributed by atoms with Crippen LogP contribution >= 0.6 is 0 Å². The summed E-state index contributed by atoms with van der Waals surface area (Å²) in [7, 11) is 3.17. The number of amides is 2. The number of hydrogen-bond donors (Lipinski definition) is 2. The molecule has 0 saturated carbocycles. The van der Waals surface area contributed by atoms with Gasteiger partial charge in [0.15, 0.2) is 0 Å². The number of ether oxygens (including phenoxy) is 2. The number of benzene rings is 1. The number of hydrogen-bond acceptors (Lipinski definition) is 8. The summed E-state index contributed by atoms with van der Waals surface area (Å²) < 4.78 is 12.6. The number of piperidine rings is 1. The van der Waals surface area contributed by atoms with Crippen molar-refractivity contribution in [3.05, 3.63) is 41.3 Å². The number of anilines is 1. The van der Waals surface area contributed by atoms with Gasteiger partial charge in [-0.15, -0.1) is 0 Å². The lowest BCUT2D eigenvalue weighted by atomic mass is 10.0. The lowest BCUT2D eigenvalue weighted by Gasteiger charge is -2.35. The molecule has 2 aliphatic rings. The van der Waals surface area contributed by atoms with E-state index in [2.05, 4.69) is 30.6 Å². The number of nitrogens with one attached hydrogen (secondary N) is 2. The van der Waals surface area contributed by atoms with Crippen molar-refractivity contribution in [1.82, 2.24) is 30.2 Å². The van der Waals surface area contributed by atoms with Crippen molar-refractivity contribution >= 4 is 23.4 Å². The van der Waals surface area contributed by atoms with Crippen LogP contribution in [0.15, 0.2) is 24.5 Å². The highest BCUT2D eigenvalue weighted by Crippen LogP contribution is 2.32. The molecule has 0 bridgehead atoms. The molecule has 2 aromatic heterocycles. The van der Waals surface area contributed by atoms with Crippen LogP contribution in [0, 0.1) is 0 Å². The van der Waals surface area contributed by atoms with Gasteiger partial charge in [0.25, 0.3) is 5.78 Å². The van der Waals surface area contributed by atoms with Crippen LogP contribution in [0.3, 0.4) is 0 Å². The summed E-state index contributed by atoms with van der Waals surface area (Å²) in [5, 5.41) is 10.4. The van der Waals surface area contributed by atoms with Crippen molar-refractivity contribution < 1.29 is 19.1 Å². The van der Waals surface area contributed by atoms with E-state index in [0.29, 0.717) is 17.3 Å². The third-order valence-corrected chi connectivity index (χ3v) is 7.17. The zero-order chi connectivity index (χ0) is 25.9. The molecule has 1 aliphatic heterocycles. The first-order valence-electron chi connectivity index (χ1n) is 12.7. The highest BCUT2D eigenvalue weighted by Gasteiger charge is 2.30. The molecule has 1 aliphatic carbocycles. The zero-order valence-corrected chi connectivity index (χ0v) is 21.5. The average molecular weight is 508 g/mol. The van der Waals surface area contributed by atoms with E-state index in [9.17, 15) is 9.59 Å². The van der Waals surface area contributed by atoms with Gasteiger partial charge >= 0.3 is 0 Å². The van der Waals surface area contributed by atoms with Crippen LogP contribution in [0.5, 0.6) is 11.5 Å². The van der Waals surface area contributed by atoms with Crippen LogP contribution < -0.4 is 25.0 Å². The first-order valence-corrected chi connectivity index (χ1v) is 12.7. The molecule has 1 atom stereocenters. The van der Waals surface area contributed by atoms with Gasteiger partial charge in [0.1, 0.15) is 29.7 Å². The maximum atomic E-state index is 13.3. The molecule has 2 amide bonds. The van der Waals surface area contributed by atoms with Gasteiger partial charge in [-0.1, -0.05) is 0 Å². The minimum Gasteiger partial charge on any atom is -0.497 e. The fourth-order valence-electron chi connectivity index (χ4n) is 5.38. The second kappa shape index (κ2) is 10.6. The molecule has 37 heavy (non-hydrogen) atoms. The number of aryl methyl sites for hydroxylation is 1. The number of methoxy groups -OCH3 is 2. The Kier molecular flexibility index (Phi) is 7.11. The van der Waals surface area contributed by atoms with Gasteiger partial charge in [0.05, 0.1) is 19.9 Å². The minimum absolute atomic E-state index is 0.00772. The van der Waals surface area contributed by atoms with E-state index in [-0.39, 0.29) is 24.3 Å². The van der Waals surface area contributed by atoms with Crippen LogP contribution in [-0.2, 0) is 28.9 Å². The number of carbonyl (C=O) groups excluding carboxylic acids is 2. The Morgan fingerprint density at radius 3 is 2.70 bits per heavy atom. The van der Waals surface area contributed by atoms with Gasteiger partial charge in [-0.05, 0) is 50.3 Å². The molecule has 1 saturated heterocycles. The highest BCUT2D eigenvalue weighted by molar-refractivity contribution is 5.87. The topological polar surface area (TPSA) is 123 Å². The summed E-state index contributed by atoms with van der Waals surface area (Å²) in [4.78, 5) is 36.6. The molecule has 11 nitrogen and oxygen atoms in total. The Bertz CT molecular complexity index is 1300. The fraction of sp³-hybridized carbons (Fsp3) is 0.500. The predicted molar refractivity (Wildman–Crippen MR) is 137 cm³/mol. The quantitative estimate of drug-likeness (QED) is 0.470. The Labute approximate surface area is 215 Å². The molecule has 0 unspecified atom stereocenters. The smallest absolute Gasteiger partial charge is 0.254 e. The van der Waals surface area contributed by atoms with Gasteiger partial charge in [-0.25, -0.2) is 4.98 Å². The Balaban J connectivity index is 1.27. The van der Waals surface area contributed by atoms with Crippen LogP contribution in [0.4, 0.5) is 5.82 Å². The monoisotopic (exact) mass is 507 g/mol. The van der Waals surface area contributed by atoms with E-state index in [1.807, 2.05) is 10.6 Å². The van der Waals surface area contributed by atoms with Crippen molar-refractivity contribution in [3.63, 3.8) is 0 Å². The van der Waals surface area contributed by atoms with Gasteiger partial charge in [-0.2, -0.15) is 14.6 Å². The van der Waals surface area contributed by atoms with Crippen LogP contribution in [0.25, 0.3) is 5.78 Å². The molecule has 11 heteroatoms. The lowest BCUT2D eigenvalue weighted by Crippen LogP contribution is -2.52. The average Bonchev–Trinajstić information content (AvgIpc) is 3.56. The second-order valence-electron chi connectivity index (χ2n) is 9.59.